The summed E-state index contributed by atoms with van der Waals surface area (Å²) in [6.45, 7) is 4.02. The van der Waals surface area contributed by atoms with Gasteiger partial charge in [0.15, 0.2) is 18.1 Å². The molecule has 1 unspecified atom stereocenters. The molecule has 0 fully saturated rings. The Morgan fingerprint density at radius 3 is 2.81 bits per heavy atom. The molecule has 1 aliphatic rings. The highest BCUT2D eigenvalue weighted by atomic mass is 32.1. The molecule has 2 heterocycles. The van der Waals surface area contributed by atoms with E-state index in [1.165, 1.54) is 11.3 Å². The maximum atomic E-state index is 12.3. The quantitative estimate of drug-likeness (QED) is 0.715. The smallest absolute Gasteiger partial charge is 0.265 e. The van der Waals surface area contributed by atoms with Crippen molar-refractivity contribution in [2.75, 3.05) is 12.4 Å². The Morgan fingerprint density at radius 1 is 1.31 bits per heavy atom. The number of amides is 1. The lowest BCUT2D eigenvalue weighted by Crippen LogP contribution is -2.21. The fourth-order valence-corrected chi connectivity index (χ4v) is 3.28. The molecule has 0 saturated carbocycles. The molecule has 1 aromatic carbocycles. The van der Waals surface area contributed by atoms with Crippen LogP contribution in [0.25, 0.3) is 5.32 Å². The van der Waals surface area contributed by atoms with E-state index in [0.717, 1.165) is 21.8 Å². The van der Waals surface area contributed by atoms with Gasteiger partial charge in [-0.25, -0.2) is 4.58 Å². The Labute approximate surface area is 157 Å². The van der Waals surface area contributed by atoms with Crippen LogP contribution in [0.4, 0.5) is 5.69 Å². The zero-order valence-electron chi connectivity index (χ0n) is 15.1. The van der Waals surface area contributed by atoms with Gasteiger partial charge < -0.3 is 16.0 Å². The first-order valence-electron chi connectivity index (χ1n) is 8.39. The molecule has 3 rings (SSSR count). The third kappa shape index (κ3) is 4.61. The van der Waals surface area contributed by atoms with Crippen molar-refractivity contribution >= 4 is 29.1 Å². The minimum absolute atomic E-state index is 0.00379. The van der Waals surface area contributed by atoms with Crippen molar-refractivity contribution in [3.05, 3.63) is 81.3 Å². The number of nitrogens with one attached hydrogen (secondary N) is 2. The molecule has 1 aliphatic heterocycles. The van der Waals surface area contributed by atoms with Crippen molar-refractivity contribution in [2.45, 2.75) is 19.9 Å². The highest BCUT2D eigenvalue weighted by Crippen LogP contribution is 2.25. The highest BCUT2D eigenvalue weighted by molar-refractivity contribution is 7.14. The molecule has 1 aromatic heterocycles. The number of aryl methyl sites for hydroxylation is 1. The van der Waals surface area contributed by atoms with Gasteiger partial charge >= 0.3 is 0 Å². The van der Waals surface area contributed by atoms with Crippen LogP contribution in [-0.2, 0) is 0 Å². The molecule has 5 nitrogen and oxygen atoms in total. The van der Waals surface area contributed by atoms with Crippen LogP contribution >= 0.6 is 11.3 Å². The van der Waals surface area contributed by atoms with E-state index in [0.29, 0.717) is 4.88 Å². The second-order valence-electron chi connectivity index (χ2n) is 6.15. The standard InChI is InChI=1S/C20H22N4OS/c1-14-7-8-19(26-14)20(25)23-17-6-4-5-16(11-17)15(2)21-9-10-22-18-12-24(3)13-18/h4-13,15,22H,1-3H3,(H,23,25). The van der Waals surface area contributed by atoms with Gasteiger partial charge in [-0.3, -0.25) is 4.79 Å². The Balaban J connectivity index is 1.55. The fraction of sp³-hybridized carbons (Fsp3) is 0.200. The topological polar surface area (TPSA) is 58.2 Å². The summed E-state index contributed by atoms with van der Waals surface area (Å²) in [6.07, 6.45) is 7.57. The Morgan fingerprint density at radius 2 is 2.12 bits per heavy atom. The molecule has 0 radical (unpaired) electrons. The van der Waals surface area contributed by atoms with E-state index in [1.807, 2.05) is 80.5 Å². The zero-order valence-corrected chi connectivity index (χ0v) is 15.9. The molecule has 26 heavy (non-hydrogen) atoms. The second-order valence-corrected chi connectivity index (χ2v) is 7.44. The number of nitrogens with zero attached hydrogens (tertiary/aromatic N) is 2. The van der Waals surface area contributed by atoms with Crippen LogP contribution in [-0.4, -0.2) is 23.7 Å². The van der Waals surface area contributed by atoms with Gasteiger partial charge in [0, 0.05) is 10.6 Å². The maximum Gasteiger partial charge on any atom is 0.265 e. The van der Waals surface area contributed by atoms with Crippen LogP contribution in [0.15, 0.2) is 60.7 Å². The van der Waals surface area contributed by atoms with Gasteiger partial charge in [-0.05, 0) is 37.4 Å². The van der Waals surface area contributed by atoms with Crippen LogP contribution in [0.3, 0.4) is 0 Å². The number of carbonyl (C=O) groups is 1. The third-order valence-corrected chi connectivity index (χ3v) is 4.91. The molecule has 1 atom stereocenters. The summed E-state index contributed by atoms with van der Waals surface area (Å²) in [5, 5.41) is 10.6. The summed E-state index contributed by atoms with van der Waals surface area (Å²) >= 11 is 1.49. The predicted octanol–water partition coefficient (Wildman–Crippen LogP) is 4.37. The number of hydrogen-bond acceptors (Lipinski definition) is 3. The largest absolute Gasteiger partial charge is 0.683 e. The average molecular weight is 366 g/mol. The molecule has 0 aliphatic carbocycles. The minimum Gasteiger partial charge on any atom is -0.683 e. The SMILES string of the molecule is Cc1ccc(C(=O)Nc2cccc(C(C)[N-]C=CNC3=C[N+](C)=C3)c2)s1. The first-order valence-corrected chi connectivity index (χ1v) is 9.21. The number of hydrogen-bond donors (Lipinski definition) is 2. The first kappa shape index (κ1) is 17.9. The van der Waals surface area contributed by atoms with E-state index in [-0.39, 0.29) is 11.9 Å². The lowest BCUT2D eigenvalue weighted by Gasteiger charge is -2.26. The third-order valence-electron chi connectivity index (χ3n) is 3.91. The van der Waals surface area contributed by atoms with E-state index in [4.69, 9.17) is 0 Å². The number of thiophene rings is 1. The maximum absolute atomic E-state index is 12.3. The summed E-state index contributed by atoms with van der Waals surface area (Å²) in [5.41, 5.74) is 2.88. The van der Waals surface area contributed by atoms with Crippen LogP contribution in [0.2, 0.25) is 0 Å². The lowest BCUT2D eigenvalue weighted by molar-refractivity contribution is -0.429. The molecule has 134 valence electrons. The Bertz CT molecular complexity index is 895. The van der Waals surface area contributed by atoms with Gasteiger partial charge in [-0.15, -0.1) is 11.3 Å². The van der Waals surface area contributed by atoms with Gasteiger partial charge in [0.1, 0.15) is 7.05 Å². The van der Waals surface area contributed by atoms with E-state index < -0.39 is 0 Å². The van der Waals surface area contributed by atoms with Crippen LogP contribution in [0, 0.1) is 6.92 Å². The number of benzene rings is 1. The zero-order chi connectivity index (χ0) is 18.5. The molecule has 2 aromatic rings. The van der Waals surface area contributed by atoms with Crippen molar-refractivity contribution in [1.82, 2.24) is 5.32 Å². The highest BCUT2D eigenvalue weighted by Gasteiger charge is 2.10. The number of anilines is 1. The van der Waals surface area contributed by atoms with E-state index in [9.17, 15) is 4.79 Å². The normalized spacial score (nSPS) is 14.3. The van der Waals surface area contributed by atoms with Gasteiger partial charge in [-0.2, -0.15) is 6.20 Å². The summed E-state index contributed by atoms with van der Waals surface area (Å²) in [5.74, 6) is -0.0797. The molecule has 6 heteroatoms. The summed E-state index contributed by atoms with van der Waals surface area (Å²) in [7, 11) is 1.98. The van der Waals surface area contributed by atoms with Crippen LogP contribution in [0.1, 0.15) is 33.1 Å². The van der Waals surface area contributed by atoms with E-state index >= 15 is 0 Å². The summed E-state index contributed by atoms with van der Waals surface area (Å²) < 4.78 is 1.98. The first-order chi connectivity index (χ1) is 12.5. The van der Waals surface area contributed by atoms with E-state index in [1.54, 1.807) is 6.20 Å². The number of allylic oxidation sites excluding steroid dienone is 1. The van der Waals surface area contributed by atoms with Crippen LogP contribution < -0.4 is 10.6 Å². The van der Waals surface area contributed by atoms with Gasteiger partial charge in [-0.1, -0.05) is 30.7 Å². The van der Waals surface area contributed by atoms with Crippen molar-refractivity contribution in [1.29, 1.82) is 0 Å². The molecule has 0 saturated heterocycles. The van der Waals surface area contributed by atoms with Gasteiger partial charge in [0.05, 0.1) is 4.88 Å². The number of carbonyl (C=O) groups excluding carboxylic acids is 1. The molecule has 1 amide bonds. The summed E-state index contributed by atoms with van der Waals surface area (Å²) in [4.78, 5) is 14.1. The number of rotatable bonds is 7. The van der Waals surface area contributed by atoms with Gasteiger partial charge in [0.2, 0.25) is 0 Å². The predicted molar refractivity (Wildman–Crippen MR) is 108 cm³/mol. The van der Waals surface area contributed by atoms with Crippen molar-refractivity contribution in [3.63, 3.8) is 0 Å². The summed E-state index contributed by atoms with van der Waals surface area (Å²) in [6, 6.07) is 11.6. The monoisotopic (exact) mass is 366 g/mol. The second kappa shape index (κ2) is 8.01. The van der Waals surface area contributed by atoms with Crippen molar-refractivity contribution < 1.29 is 9.37 Å². The van der Waals surface area contributed by atoms with Crippen molar-refractivity contribution in [3.8, 4) is 0 Å². The minimum atomic E-state index is -0.0797. The van der Waals surface area contributed by atoms with Crippen LogP contribution in [0.5, 0.6) is 0 Å². The molecule has 0 spiro atoms. The lowest BCUT2D eigenvalue weighted by atomic mass is 10.1. The molecular weight excluding hydrogens is 344 g/mol. The fourth-order valence-electron chi connectivity index (χ4n) is 2.52. The Kier molecular flexibility index (Phi) is 5.53. The molecule has 0 bridgehead atoms. The molecule has 2 N–H and O–H groups in total. The van der Waals surface area contributed by atoms with Crippen molar-refractivity contribution in [2.24, 2.45) is 0 Å². The van der Waals surface area contributed by atoms with Gasteiger partial charge in [0.25, 0.3) is 5.91 Å². The Hall–Kier alpha value is -2.86. The van der Waals surface area contributed by atoms with E-state index in [2.05, 4.69) is 16.0 Å². The average Bonchev–Trinajstić information content (AvgIpc) is 3.03. The molecular formula is C20H22N4OS.